The number of carbonyl (C=O) groups is 3. The zero-order valence-electron chi connectivity index (χ0n) is 21.9. The van der Waals surface area contributed by atoms with E-state index in [-0.39, 0.29) is 45.4 Å². The molecule has 0 spiro atoms. The molecule has 3 aromatic carbocycles. The fraction of sp³-hybridized carbons (Fsp3) is 0.207. The van der Waals surface area contributed by atoms with Crippen LogP contribution in [0.2, 0.25) is 10.0 Å². The normalized spacial score (nSPS) is 11.2. The van der Waals surface area contributed by atoms with Crippen LogP contribution in [0.1, 0.15) is 40.3 Å². The van der Waals surface area contributed by atoms with Gasteiger partial charge in [0.15, 0.2) is 0 Å². The maximum Gasteiger partial charge on any atom is 0.272 e. The zero-order chi connectivity index (χ0) is 29.8. The van der Waals surface area contributed by atoms with Gasteiger partial charge in [-0.25, -0.2) is 13.2 Å². The first-order chi connectivity index (χ1) is 19.4. The first kappa shape index (κ1) is 30.0. The summed E-state index contributed by atoms with van der Waals surface area (Å²) in [5, 5.41) is 8.60. The lowest BCUT2D eigenvalue weighted by Crippen LogP contribution is -2.27. The quantitative estimate of drug-likeness (QED) is 0.190. The first-order valence-corrected chi connectivity index (χ1v) is 13.2. The van der Waals surface area contributed by atoms with Crippen molar-refractivity contribution in [3.05, 3.63) is 93.3 Å². The Balaban J connectivity index is 1.59. The van der Waals surface area contributed by atoms with Crippen molar-refractivity contribution in [3.63, 3.8) is 0 Å². The van der Waals surface area contributed by atoms with E-state index in [0.717, 1.165) is 10.6 Å². The predicted molar refractivity (Wildman–Crippen MR) is 153 cm³/mol. The average molecular weight is 605 g/mol. The highest BCUT2D eigenvalue weighted by atomic mass is 35.5. The van der Waals surface area contributed by atoms with Crippen molar-refractivity contribution in [1.29, 1.82) is 0 Å². The van der Waals surface area contributed by atoms with Gasteiger partial charge in [0.25, 0.3) is 18.2 Å². The molecule has 0 aliphatic rings. The maximum absolute atomic E-state index is 14.2. The van der Waals surface area contributed by atoms with Crippen LogP contribution in [0.25, 0.3) is 10.9 Å². The summed E-state index contributed by atoms with van der Waals surface area (Å²) in [6.45, 7) is 2.96. The molecule has 0 atom stereocenters. The molecule has 0 fully saturated rings. The van der Waals surface area contributed by atoms with Crippen molar-refractivity contribution in [2.75, 3.05) is 10.6 Å². The van der Waals surface area contributed by atoms with Crippen LogP contribution in [0, 0.1) is 11.7 Å². The van der Waals surface area contributed by atoms with Crippen LogP contribution in [-0.2, 0) is 17.9 Å². The van der Waals surface area contributed by atoms with Crippen LogP contribution in [0.5, 0.6) is 0 Å². The largest absolute Gasteiger partial charge is 0.352 e. The summed E-state index contributed by atoms with van der Waals surface area (Å²) in [5.41, 5.74) is 1.18. The molecule has 0 unspecified atom stereocenters. The summed E-state index contributed by atoms with van der Waals surface area (Å²) in [7, 11) is 0. The topological polar surface area (TPSA) is 92.2 Å². The van der Waals surface area contributed by atoms with Crippen molar-refractivity contribution in [2.24, 2.45) is 5.92 Å². The minimum Gasteiger partial charge on any atom is -0.352 e. The van der Waals surface area contributed by atoms with Gasteiger partial charge in [0.05, 0.1) is 22.8 Å². The molecular weight excluding hydrogens is 580 g/mol. The Kier molecular flexibility index (Phi) is 9.25. The third-order valence-electron chi connectivity index (χ3n) is 6.16. The average Bonchev–Trinajstić information content (AvgIpc) is 3.26. The van der Waals surface area contributed by atoms with Gasteiger partial charge in [0.2, 0.25) is 5.91 Å². The minimum absolute atomic E-state index is 0.127. The van der Waals surface area contributed by atoms with Crippen molar-refractivity contribution in [1.82, 2.24) is 9.88 Å². The van der Waals surface area contributed by atoms with Gasteiger partial charge in [-0.2, -0.15) is 0 Å². The molecule has 41 heavy (non-hydrogen) atoms. The van der Waals surface area contributed by atoms with E-state index in [2.05, 4.69) is 16.0 Å². The van der Waals surface area contributed by atoms with Gasteiger partial charge in [-0.1, -0.05) is 43.1 Å². The molecule has 0 saturated heterocycles. The molecule has 214 valence electrons. The Morgan fingerprint density at radius 3 is 2.34 bits per heavy atom. The standard InChI is InChI=1S/C29H25Cl2F3N4O3/c1-15(2)27(39)35-13-16-3-6-21(31)20(9-16)28(40)36-19-5-8-24-17(10-19)11-25(38(24)14-26(33)34)29(41)37-23-7-4-18(30)12-22(23)32/h3-12,15,26H,13-14H2,1-2H3,(H,35,39)(H,36,40)(H,37,41). The van der Waals surface area contributed by atoms with Crippen molar-refractivity contribution >= 4 is 63.2 Å². The number of rotatable bonds is 9. The smallest absolute Gasteiger partial charge is 0.272 e. The Morgan fingerprint density at radius 1 is 0.902 bits per heavy atom. The lowest BCUT2D eigenvalue weighted by atomic mass is 10.1. The second-order valence-corrected chi connectivity index (χ2v) is 10.4. The molecule has 0 saturated carbocycles. The number of fused-ring (bicyclic) bond motifs is 1. The molecule has 12 heteroatoms. The third kappa shape index (κ3) is 7.20. The summed E-state index contributed by atoms with van der Waals surface area (Å²) in [6, 6.07) is 14.4. The molecule has 0 bridgehead atoms. The monoisotopic (exact) mass is 604 g/mol. The number of halogens is 5. The lowest BCUT2D eigenvalue weighted by molar-refractivity contribution is -0.124. The molecule has 4 rings (SSSR count). The number of aromatic nitrogens is 1. The fourth-order valence-corrected chi connectivity index (χ4v) is 4.46. The molecule has 3 N–H and O–H groups in total. The van der Waals surface area contributed by atoms with Crippen LogP contribution >= 0.6 is 23.2 Å². The van der Waals surface area contributed by atoms with Crippen LogP contribution in [0.3, 0.4) is 0 Å². The van der Waals surface area contributed by atoms with Gasteiger partial charge < -0.3 is 20.5 Å². The number of hydrogen-bond acceptors (Lipinski definition) is 3. The van der Waals surface area contributed by atoms with Crippen molar-refractivity contribution in [3.8, 4) is 0 Å². The number of benzene rings is 3. The number of anilines is 2. The first-order valence-electron chi connectivity index (χ1n) is 12.5. The second-order valence-electron chi connectivity index (χ2n) is 9.52. The minimum atomic E-state index is -2.77. The highest BCUT2D eigenvalue weighted by Gasteiger charge is 2.21. The predicted octanol–water partition coefficient (Wildman–Crippen LogP) is 7.13. The van der Waals surface area contributed by atoms with Gasteiger partial charge in [-0.05, 0) is 60.2 Å². The van der Waals surface area contributed by atoms with Crippen LogP contribution in [0.4, 0.5) is 24.5 Å². The highest BCUT2D eigenvalue weighted by molar-refractivity contribution is 6.34. The second kappa shape index (κ2) is 12.7. The van der Waals surface area contributed by atoms with E-state index in [0.29, 0.717) is 22.2 Å². The fourth-order valence-electron chi connectivity index (χ4n) is 4.10. The van der Waals surface area contributed by atoms with Crippen LogP contribution < -0.4 is 16.0 Å². The summed E-state index contributed by atoms with van der Waals surface area (Å²) >= 11 is 12.0. The molecule has 0 aliphatic heterocycles. The number of nitrogens with one attached hydrogen (secondary N) is 3. The molecule has 0 radical (unpaired) electrons. The van der Waals surface area contributed by atoms with Gasteiger partial charge in [0.1, 0.15) is 11.5 Å². The molecule has 4 aromatic rings. The number of alkyl halides is 2. The zero-order valence-corrected chi connectivity index (χ0v) is 23.4. The Bertz CT molecular complexity index is 1640. The Hall–Kier alpha value is -4.02. The molecular formula is C29H25Cl2F3N4O3. The Labute approximate surface area is 243 Å². The van der Waals surface area contributed by atoms with Gasteiger partial charge in [-0.3, -0.25) is 14.4 Å². The van der Waals surface area contributed by atoms with Crippen molar-refractivity contribution < 1.29 is 27.6 Å². The van der Waals surface area contributed by atoms with Crippen LogP contribution in [-0.4, -0.2) is 28.7 Å². The molecule has 1 aromatic heterocycles. The van der Waals surface area contributed by atoms with Gasteiger partial charge >= 0.3 is 0 Å². The van der Waals surface area contributed by atoms with E-state index in [4.69, 9.17) is 23.2 Å². The number of carbonyl (C=O) groups excluding carboxylic acids is 3. The number of nitrogens with zero attached hydrogens (tertiary/aromatic N) is 1. The van der Waals surface area contributed by atoms with E-state index < -0.39 is 30.6 Å². The van der Waals surface area contributed by atoms with E-state index in [1.165, 1.54) is 36.4 Å². The van der Waals surface area contributed by atoms with Crippen molar-refractivity contribution in [2.45, 2.75) is 33.4 Å². The summed E-state index contributed by atoms with van der Waals surface area (Å²) in [6.07, 6.45) is -2.77. The van der Waals surface area contributed by atoms with E-state index in [1.807, 2.05) is 0 Å². The molecule has 1 heterocycles. The van der Waals surface area contributed by atoms with Gasteiger partial charge in [0, 0.05) is 34.1 Å². The summed E-state index contributed by atoms with van der Waals surface area (Å²) in [5.74, 6) is -2.45. The lowest BCUT2D eigenvalue weighted by Gasteiger charge is -2.12. The van der Waals surface area contributed by atoms with Gasteiger partial charge in [-0.15, -0.1) is 0 Å². The van der Waals surface area contributed by atoms with E-state index >= 15 is 0 Å². The molecule has 3 amide bonds. The summed E-state index contributed by atoms with van der Waals surface area (Å²) in [4.78, 5) is 37.9. The van der Waals surface area contributed by atoms with E-state index in [1.54, 1.807) is 32.0 Å². The third-order valence-corrected chi connectivity index (χ3v) is 6.72. The SMILES string of the molecule is CC(C)C(=O)NCc1ccc(Cl)c(C(=O)Nc2ccc3c(c2)cc(C(=O)Nc2ccc(Cl)cc2F)n3CC(F)F)c1. The highest BCUT2D eigenvalue weighted by Crippen LogP contribution is 2.27. The number of hydrogen-bond donors (Lipinski definition) is 3. The number of amides is 3. The summed E-state index contributed by atoms with van der Waals surface area (Å²) < 4.78 is 42.2. The van der Waals surface area contributed by atoms with Crippen LogP contribution in [0.15, 0.2) is 60.7 Å². The molecule has 0 aliphatic carbocycles. The molecule has 7 nitrogen and oxygen atoms in total. The van der Waals surface area contributed by atoms with E-state index in [9.17, 15) is 27.6 Å². The Morgan fingerprint density at radius 2 is 1.66 bits per heavy atom. The maximum atomic E-state index is 14.2.